The Morgan fingerprint density at radius 1 is 1.09 bits per heavy atom. The molecule has 0 aliphatic heterocycles. The smallest absolute Gasteiger partial charge is 0.335 e. The van der Waals surface area contributed by atoms with Crippen molar-refractivity contribution in [1.82, 2.24) is 0 Å². The van der Waals surface area contributed by atoms with Crippen molar-refractivity contribution in [2.75, 3.05) is 5.01 Å². The van der Waals surface area contributed by atoms with Gasteiger partial charge in [-0.05, 0) is 29.3 Å². The van der Waals surface area contributed by atoms with Crippen LogP contribution in [-0.4, -0.2) is 22.1 Å². The number of nitro groups is 1. The summed E-state index contributed by atoms with van der Waals surface area (Å²) in [7, 11) is 0. The molecule has 0 radical (unpaired) electrons. The number of guanidine groups is 1. The average Bonchev–Trinajstić information content (AvgIpc) is 2.49. The Hall–Kier alpha value is -3.42. The minimum absolute atomic E-state index is 0.264. The van der Waals surface area contributed by atoms with Crippen LogP contribution in [0.25, 0.3) is 0 Å². The minimum atomic E-state index is -0.879. The van der Waals surface area contributed by atoms with Crippen molar-refractivity contribution in [1.29, 1.82) is 5.41 Å². The van der Waals surface area contributed by atoms with E-state index in [2.05, 4.69) is 0 Å². The number of carboxylic acids is 1. The summed E-state index contributed by atoms with van der Waals surface area (Å²) in [4.78, 5) is 20.7. The molecule has 0 saturated carbocycles. The van der Waals surface area contributed by atoms with Crippen LogP contribution >= 0.6 is 0 Å². The number of hydrogen-bond donors (Lipinski definition) is 3. The maximum atomic E-state index is 10.5. The van der Waals surface area contributed by atoms with Crippen LogP contribution in [0.3, 0.4) is 0 Å². The fraction of sp³-hybridized carbons (Fsp3) is 0. The maximum Gasteiger partial charge on any atom is 0.335 e. The standard InChI is InChI=1S/C7H8N4O2.C7H6O2/c8-7(9)10(11(12)13)6-4-2-1-3-5-6;8-7(9)6-4-2-1-3-5-6/h1-5H,(H3,8,9);1-5H,(H,8,9). The highest BCUT2D eigenvalue weighted by Gasteiger charge is 2.19. The van der Waals surface area contributed by atoms with Crippen LogP contribution < -0.4 is 10.7 Å². The number of carbonyl (C=O) groups is 1. The van der Waals surface area contributed by atoms with Gasteiger partial charge in [-0.15, -0.1) is 0 Å². The first kappa shape index (κ1) is 16.6. The van der Waals surface area contributed by atoms with Gasteiger partial charge in [0.1, 0.15) is 5.69 Å². The third-order valence-electron chi connectivity index (χ3n) is 2.41. The number of nitrogens with one attached hydrogen (secondary N) is 1. The first-order valence-electron chi connectivity index (χ1n) is 6.05. The van der Waals surface area contributed by atoms with Crippen LogP contribution in [0.4, 0.5) is 5.69 Å². The minimum Gasteiger partial charge on any atom is -0.478 e. The lowest BCUT2D eigenvalue weighted by Crippen LogP contribution is -2.40. The Kier molecular flexibility index (Phi) is 6.05. The van der Waals surface area contributed by atoms with E-state index in [-0.39, 0.29) is 5.69 Å². The molecule has 0 atom stereocenters. The van der Waals surface area contributed by atoms with Gasteiger partial charge in [-0.2, -0.15) is 0 Å². The zero-order chi connectivity index (χ0) is 16.5. The van der Waals surface area contributed by atoms with Crippen LogP contribution in [0, 0.1) is 15.5 Å². The monoisotopic (exact) mass is 302 g/mol. The Bertz CT molecular complexity index is 632. The molecular formula is C14H14N4O4. The molecule has 0 heterocycles. The first-order chi connectivity index (χ1) is 10.4. The molecule has 0 amide bonds. The Morgan fingerprint density at radius 2 is 1.55 bits per heavy atom. The largest absolute Gasteiger partial charge is 0.478 e. The van der Waals surface area contributed by atoms with Gasteiger partial charge in [-0.3, -0.25) is 5.41 Å². The van der Waals surface area contributed by atoms with Gasteiger partial charge >= 0.3 is 5.97 Å². The summed E-state index contributed by atoms with van der Waals surface area (Å²) in [6.45, 7) is 0. The Balaban J connectivity index is 0.000000235. The predicted octanol–water partition coefficient (Wildman–Crippen LogP) is 1.96. The summed E-state index contributed by atoms with van der Waals surface area (Å²) >= 11 is 0. The normalized spacial score (nSPS) is 9.09. The van der Waals surface area contributed by atoms with Gasteiger partial charge in [0, 0.05) is 0 Å². The van der Waals surface area contributed by atoms with E-state index in [0.717, 1.165) is 0 Å². The lowest BCUT2D eigenvalue weighted by atomic mass is 10.2. The van der Waals surface area contributed by atoms with Crippen molar-refractivity contribution in [3.05, 3.63) is 76.3 Å². The SMILES string of the molecule is N=C(N)N(c1ccccc1)[N+](=O)[O-].O=C(O)c1ccccc1. The summed E-state index contributed by atoms with van der Waals surface area (Å²) in [6.07, 6.45) is 0. The topological polar surface area (TPSA) is 134 Å². The molecule has 0 saturated heterocycles. The third-order valence-corrected chi connectivity index (χ3v) is 2.41. The van der Waals surface area contributed by atoms with Gasteiger partial charge in [0.05, 0.1) is 5.56 Å². The third kappa shape index (κ3) is 4.93. The number of benzene rings is 2. The molecule has 0 bridgehead atoms. The summed E-state index contributed by atoms with van der Waals surface area (Å²) in [6, 6.07) is 16.3. The molecule has 0 aromatic heterocycles. The van der Waals surface area contributed by atoms with Crippen LogP contribution in [0.5, 0.6) is 0 Å². The number of aromatic carboxylic acids is 1. The molecule has 8 heteroatoms. The van der Waals surface area contributed by atoms with Gasteiger partial charge in [-0.25, -0.2) is 14.9 Å². The molecule has 0 fully saturated rings. The Labute approximate surface area is 126 Å². The molecule has 22 heavy (non-hydrogen) atoms. The number of nitrogens with two attached hydrogens (primary N) is 1. The van der Waals surface area contributed by atoms with Crippen molar-refractivity contribution < 1.29 is 14.9 Å². The van der Waals surface area contributed by atoms with Gasteiger partial charge in [-0.1, -0.05) is 36.4 Å². The average molecular weight is 302 g/mol. The molecule has 2 aromatic carbocycles. The van der Waals surface area contributed by atoms with E-state index >= 15 is 0 Å². The van der Waals surface area contributed by atoms with E-state index in [0.29, 0.717) is 10.6 Å². The van der Waals surface area contributed by atoms with Crippen LogP contribution in [0.2, 0.25) is 0 Å². The van der Waals surface area contributed by atoms with Gasteiger partial charge in [0.25, 0.3) is 5.96 Å². The highest BCUT2D eigenvalue weighted by molar-refractivity contribution is 5.89. The maximum absolute atomic E-state index is 10.5. The molecule has 0 unspecified atom stereocenters. The van der Waals surface area contributed by atoms with Crippen LogP contribution in [0.1, 0.15) is 10.4 Å². The molecule has 0 aliphatic rings. The number of hydrazine groups is 1. The van der Waals surface area contributed by atoms with Crippen LogP contribution in [-0.2, 0) is 0 Å². The molecule has 2 aromatic rings. The molecule has 8 nitrogen and oxygen atoms in total. The summed E-state index contributed by atoms with van der Waals surface area (Å²) in [5.41, 5.74) is 5.63. The quantitative estimate of drug-likeness (QED) is 0.343. The van der Waals surface area contributed by atoms with Crippen molar-refractivity contribution in [2.45, 2.75) is 0 Å². The van der Waals surface area contributed by atoms with E-state index in [1.807, 2.05) is 0 Å². The molecule has 114 valence electrons. The molecular weight excluding hydrogens is 288 g/mol. The molecule has 0 aliphatic carbocycles. The highest BCUT2D eigenvalue weighted by atomic mass is 16.7. The van der Waals surface area contributed by atoms with E-state index in [1.165, 1.54) is 12.1 Å². The number of carboxylic acid groups (broad SMARTS) is 1. The second-order valence-corrected chi connectivity index (χ2v) is 3.94. The fourth-order valence-corrected chi connectivity index (χ4v) is 1.47. The van der Waals surface area contributed by atoms with E-state index in [4.69, 9.17) is 16.2 Å². The van der Waals surface area contributed by atoms with Crippen molar-refractivity contribution >= 4 is 17.6 Å². The summed E-state index contributed by atoms with van der Waals surface area (Å²) < 4.78 is 0. The van der Waals surface area contributed by atoms with E-state index in [9.17, 15) is 14.9 Å². The second kappa shape index (κ2) is 8.00. The predicted molar refractivity (Wildman–Crippen MR) is 81.2 cm³/mol. The summed E-state index contributed by atoms with van der Waals surface area (Å²) in [5, 5.41) is 25.6. The van der Waals surface area contributed by atoms with Crippen molar-refractivity contribution in [3.63, 3.8) is 0 Å². The van der Waals surface area contributed by atoms with Gasteiger partial charge in [0.2, 0.25) is 0 Å². The molecule has 2 rings (SSSR count). The number of para-hydroxylation sites is 1. The lowest BCUT2D eigenvalue weighted by molar-refractivity contribution is -0.479. The lowest BCUT2D eigenvalue weighted by Gasteiger charge is -2.10. The molecule has 4 N–H and O–H groups in total. The zero-order valence-electron chi connectivity index (χ0n) is 11.4. The Morgan fingerprint density at radius 3 is 1.86 bits per heavy atom. The first-order valence-corrected chi connectivity index (χ1v) is 6.05. The van der Waals surface area contributed by atoms with Crippen LogP contribution in [0.15, 0.2) is 60.7 Å². The number of anilines is 1. The second-order valence-electron chi connectivity index (χ2n) is 3.94. The van der Waals surface area contributed by atoms with Gasteiger partial charge in [0.15, 0.2) is 5.03 Å². The zero-order valence-corrected chi connectivity index (χ0v) is 11.4. The number of hydrogen-bond acceptors (Lipinski definition) is 4. The fourth-order valence-electron chi connectivity index (χ4n) is 1.47. The molecule has 0 spiro atoms. The summed E-state index contributed by atoms with van der Waals surface area (Å²) in [5.74, 6) is -1.49. The highest BCUT2D eigenvalue weighted by Crippen LogP contribution is 2.11. The van der Waals surface area contributed by atoms with E-state index < -0.39 is 17.0 Å². The van der Waals surface area contributed by atoms with E-state index in [1.54, 1.807) is 48.5 Å². The van der Waals surface area contributed by atoms with Crippen molar-refractivity contribution in [3.8, 4) is 0 Å². The van der Waals surface area contributed by atoms with Crippen molar-refractivity contribution in [2.24, 2.45) is 5.73 Å². The van der Waals surface area contributed by atoms with Gasteiger partial charge < -0.3 is 10.8 Å². The number of rotatable bonds is 3. The number of nitrogens with zero attached hydrogens (tertiary/aromatic N) is 2.